The molecule has 0 saturated heterocycles. The smallest absolute Gasteiger partial charge is 0.326 e. The fourth-order valence-corrected chi connectivity index (χ4v) is 8.85. The second-order valence-corrected chi connectivity index (χ2v) is 17.4. The van der Waals surface area contributed by atoms with Crippen LogP contribution in [0.1, 0.15) is 53.5 Å². The Labute approximate surface area is 399 Å². The number of ether oxygens (including phenoxy) is 1. The number of aliphatic carboxylic acids is 1. The van der Waals surface area contributed by atoms with Gasteiger partial charge in [0.2, 0.25) is 35.4 Å². The highest BCUT2D eigenvalue weighted by Gasteiger charge is 2.42. The number of aromatic amines is 2. The van der Waals surface area contributed by atoms with Crippen LogP contribution in [-0.2, 0) is 51.2 Å². The predicted octanol–water partition coefficient (Wildman–Crippen LogP) is -3.85. The number of rotatable bonds is 14. The monoisotopic (exact) mass is 967 g/mol. The third kappa shape index (κ3) is 11.2. The van der Waals surface area contributed by atoms with Crippen LogP contribution in [0.2, 0.25) is 0 Å². The van der Waals surface area contributed by atoms with Gasteiger partial charge >= 0.3 is 5.97 Å². The van der Waals surface area contributed by atoms with Crippen LogP contribution >= 0.6 is 0 Å². The molecule has 0 fully saturated rings. The second kappa shape index (κ2) is 22.1. The summed E-state index contributed by atoms with van der Waals surface area (Å²) in [6.07, 6.45) is 1.79. The van der Waals surface area contributed by atoms with Crippen molar-refractivity contribution in [2.75, 3.05) is 19.8 Å². The number of aromatic nitrogens is 2. The topological polar surface area (TPSA) is 392 Å². The SMILES string of the molecule is NC(=O)C[C@@H]1NC(=O)[C@@H]([NH3+])Cc2c[nH]c3c(cccc23)O[C@@H]2c3c[nH]c4cc(ccc34)[C@H](CCC[NH3+])[C@@H](C(=O)N[C@@H](CO)C(=O)N[C@@H](Cc3ccccc3)C(=O)O)NC(=O)[C@H](CO)NC(=O)[C@H]2NC1=O. The third-order valence-electron chi connectivity index (χ3n) is 12.5. The van der Waals surface area contributed by atoms with Crippen LogP contribution < -0.4 is 53.8 Å². The van der Waals surface area contributed by atoms with Crippen molar-refractivity contribution in [2.45, 2.75) is 86.4 Å². The number of quaternary nitrogens is 2. The van der Waals surface area contributed by atoms with Gasteiger partial charge in [-0.05, 0) is 41.7 Å². The maximum Gasteiger partial charge on any atom is 0.326 e. The lowest BCUT2D eigenvalue weighted by Crippen LogP contribution is -2.70. The van der Waals surface area contributed by atoms with Crippen molar-refractivity contribution in [1.82, 2.24) is 41.9 Å². The fourth-order valence-electron chi connectivity index (χ4n) is 8.85. The number of aliphatic hydroxyl groups excluding tert-OH is 2. The van der Waals surface area contributed by atoms with E-state index in [-0.39, 0.29) is 25.0 Å². The van der Waals surface area contributed by atoms with Gasteiger partial charge in [0.1, 0.15) is 42.0 Å². The van der Waals surface area contributed by atoms with E-state index in [9.17, 15) is 53.7 Å². The lowest BCUT2D eigenvalue weighted by atomic mass is 9.85. The predicted molar refractivity (Wildman–Crippen MR) is 247 cm³/mol. The van der Waals surface area contributed by atoms with Gasteiger partial charge in [0.25, 0.3) is 5.91 Å². The lowest BCUT2D eigenvalue weighted by Gasteiger charge is -2.33. The van der Waals surface area contributed by atoms with Crippen molar-refractivity contribution in [3.63, 3.8) is 0 Å². The molecule has 0 aliphatic carbocycles. The minimum atomic E-state index is -1.81. The highest BCUT2D eigenvalue weighted by molar-refractivity contribution is 6.00. The minimum Gasteiger partial charge on any atom is -0.481 e. The zero-order chi connectivity index (χ0) is 50.2. The fraction of sp³-hybridized carbons (Fsp3) is 0.362. The molecule has 5 aromatic rings. The van der Waals surface area contributed by atoms with Crippen LogP contribution in [-0.4, -0.2) is 135 Å². The minimum absolute atomic E-state index is 0.111. The number of benzene rings is 3. The van der Waals surface area contributed by atoms with Gasteiger partial charge in [-0.1, -0.05) is 54.6 Å². The van der Waals surface area contributed by atoms with Gasteiger partial charge in [-0.25, -0.2) is 4.79 Å². The lowest BCUT2D eigenvalue weighted by molar-refractivity contribution is -0.403. The maximum absolute atomic E-state index is 14.9. The van der Waals surface area contributed by atoms with Gasteiger partial charge in [0, 0.05) is 53.0 Å². The molecule has 0 radical (unpaired) electrons. The van der Waals surface area contributed by atoms with Crippen molar-refractivity contribution in [3.05, 3.63) is 101 Å². The molecule has 2 aromatic heterocycles. The number of H-pyrrole nitrogens is 2. The number of para-hydroxylation sites is 1. The molecule has 70 heavy (non-hydrogen) atoms. The average molecular weight is 968 g/mol. The molecule has 3 aliphatic rings. The van der Waals surface area contributed by atoms with Crippen LogP contribution in [0.3, 0.4) is 0 Å². The molecule has 19 N–H and O–H groups in total. The molecular formula is C47H57N11O12+2. The van der Waals surface area contributed by atoms with Gasteiger partial charge < -0.3 is 79.1 Å². The number of primary amides is 1. The zero-order valence-corrected chi connectivity index (χ0v) is 37.9. The van der Waals surface area contributed by atoms with E-state index in [1.807, 2.05) is 0 Å². The molecule has 9 atom stereocenters. The number of carbonyl (C=O) groups is 8. The van der Waals surface area contributed by atoms with Crippen molar-refractivity contribution in [3.8, 4) is 5.75 Å². The van der Waals surface area contributed by atoms with Crippen molar-refractivity contribution < 1.29 is 69.9 Å². The summed E-state index contributed by atoms with van der Waals surface area (Å²) in [6.45, 7) is -1.61. The summed E-state index contributed by atoms with van der Waals surface area (Å²) in [5.41, 5.74) is 16.5. The molecule has 8 rings (SSSR count). The normalized spacial score (nSPS) is 22.8. The van der Waals surface area contributed by atoms with E-state index in [4.69, 9.17) is 10.5 Å². The second-order valence-electron chi connectivity index (χ2n) is 17.4. The molecule has 0 saturated carbocycles. The Kier molecular flexibility index (Phi) is 15.8. The molecule has 23 nitrogen and oxygen atoms in total. The Morgan fingerprint density at radius 2 is 1.56 bits per heavy atom. The Bertz CT molecular complexity index is 2780. The summed E-state index contributed by atoms with van der Waals surface area (Å²) >= 11 is 0. The van der Waals surface area contributed by atoms with Gasteiger partial charge in [-0.15, -0.1) is 0 Å². The summed E-state index contributed by atoms with van der Waals surface area (Å²) in [5.74, 6) is -8.87. The summed E-state index contributed by atoms with van der Waals surface area (Å²) < 4.78 is 6.76. The number of aliphatic hydroxyl groups is 2. The van der Waals surface area contributed by atoms with Gasteiger partial charge in [-0.3, -0.25) is 33.6 Å². The number of carboxylic acid groups (broad SMARTS) is 1. The molecular weight excluding hydrogens is 911 g/mol. The zero-order valence-electron chi connectivity index (χ0n) is 37.9. The van der Waals surface area contributed by atoms with E-state index >= 15 is 0 Å². The summed E-state index contributed by atoms with van der Waals surface area (Å²) in [6, 6.07) is 7.85. The molecule has 7 amide bonds. The quantitative estimate of drug-likeness (QED) is 0.0509. The Morgan fingerprint density at radius 3 is 2.26 bits per heavy atom. The Hall–Kier alpha value is -7.86. The summed E-state index contributed by atoms with van der Waals surface area (Å²) in [4.78, 5) is 116. The van der Waals surface area contributed by atoms with Crippen LogP contribution in [0.25, 0.3) is 21.8 Å². The number of hydrogen-bond donors (Lipinski definition) is 14. The van der Waals surface area contributed by atoms with E-state index < -0.39 is 121 Å². The van der Waals surface area contributed by atoms with Crippen LogP contribution in [0, 0.1) is 0 Å². The van der Waals surface area contributed by atoms with Gasteiger partial charge in [0.15, 0.2) is 12.1 Å². The number of carbonyl (C=O) groups excluding carboxylic acids is 7. The van der Waals surface area contributed by atoms with E-state index in [1.165, 1.54) is 0 Å². The highest BCUT2D eigenvalue weighted by Crippen LogP contribution is 2.37. The van der Waals surface area contributed by atoms with Crippen molar-refractivity contribution in [1.29, 1.82) is 0 Å². The molecule has 3 aliphatic heterocycles. The first-order valence-electron chi connectivity index (χ1n) is 22.7. The number of fused-ring (bicyclic) bond motifs is 7. The molecule has 0 unspecified atom stereocenters. The average Bonchev–Trinajstić information content (AvgIpc) is 3.96. The van der Waals surface area contributed by atoms with Gasteiger partial charge in [-0.2, -0.15) is 0 Å². The molecule has 3 aromatic carbocycles. The number of hydrogen-bond acceptors (Lipinski definition) is 11. The summed E-state index contributed by atoms with van der Waals surface area (Å²) in [7, 11) is 0. The van der Waals surface area contributed by atoms with E-state index in [2.05, 4.69) is 53.3 Å². The molecule has 0 spiro atoms. The van der Waals surface area contributed by atoms with Crippen molar-refractivity contribution >= 4 is 69.1 Å². The Balaban J connectivity index is 1.31. The first-order chi connectivity index (χ1) is 33.6. The summed E-state index contributed by atoms with van der Waals surface area (Å²) in [5, 5.41) is 47.3. The van der Waals surface area contributed by atoms with E-state index in [1.54, 1.807) is 79.1 Å². The number of nitrogens with one attached hydrogen (secondary N) is 8. The molecule has 370 valence electrons. The Morgan fingerprint density at radius 1 is 0.814 bits per heavy atom. The number of amides is 7. The van der Waals surface area contributed by atoms with E-state index in [0.717, 1.165) is 0 Å². The first-order valence-corrected chi connectivity index (χ1v) is 22.7. The molecule has 23 heteroatoms. The van der Waals surface area contributed by atoms with Crippen LogP contribution in [0.5, 0.6) is 5.75 Å². The molecule has 8 bridgehead atoms. The van der Waals surface area contributed by atoms with Gasteiger partial charge in [0.05, 0.1) is 31.7 Å². The standard InChI is InChI=1S/C47H55N11O12/c48-13-5-9-25-23-11-12-27-28(19-51-30(27)16-23)40-39(58-42(63)31(17-36(50)61)53-41(62)29(49)15-24-18-52-37-26(24)8-4-10-35(37)70-40)46(67)56-34(21-60)44(65)57-38(25)45(66)55-33(20-59)43(64)54-32(47(68)69)14-22-6-2-1-3-7-22/h1-4,6-8,10-12,16,18-19,25,29,31-34,38-40,51-52,59-60H,5,9,13-15,17,20-21,48-49H2,(H2,50,61)(H,53,62)(H,54,64)(H,55,66)(H,56,67)(H,57,65)(H,58,63)(H,68,69)/p+2/t25-,29-,31-,32-,33-,34-,38-,39-,40+/m0/s1. The van der Waals surface area contributed by atoms with Crippen molar-refractivity contribution in [2.24, 2.45) is 5.73 Å². The molecule has 5 heterocycles. The number of nitrogens with two attached hydrogens (primary N) is 1. The van der Waals surface area contributed by atoms with E-state index in [0.29, 0.717) is 57.0 Å². The van der Waals surface area contributed by atoms with Crippen LogP contribution in [0.4, 0.5) is 0 Å². The highest BCUT2D eigenvalue weighted by atomic mass is 16.5. The third-order valence-corrected chi connectivity index (χ3v) is 12.5. The maximum atomic E-state index is 14.9. The number of carboxylic acids is 1. The largest absolute Gasteiger partial charge is 0.481 e. The van der Waals surface area contributed by atoms with Crippen LogP contribution in [0.15, 0.2) is 79.1 Å². The first kappa shape index (κ1) is 50.0.